The Morgan fingerprint density at radius 1 is 1.00 bits per heavy atom. The van der Waals surface area contributed by atoms with Crippen molar-refractivity contribution in [2.45, 2.75) is 0 Å². The van der Waals surface area contributed by atoms with Gasteiger partial charge in [-0.05, 0) is 28.8 Å². The highest BCUT2D eigenvalue weighted by molar-refractivity contribution is 5.95. The van der Waals surface area contributed by atoms with E-state index in [2.05, 4.69) is 18.2 Å². The summed E-state index contributed by atoms with van der Waals surface area (Å²) in [5, 5.41) is 0. The van der Waals surface area contributed by atoms with Crippen LogP contribution in [0.5, 0.6) is 0 Å². The summed E-state index contributed by atoms with van der Waals surface area (Å²) in [6, 6.07) is 11.5. The van der Waals surface area contributed by atoms with Crippen molar-refractivity contribution in [2.24, 2.45) is 0 Å². The Labute approximate surface area is 99.4 Å². The number of carbonyl (C=O) groups excluding carboxylic acids is 1. The summed E-state index contributed by atoms with van der Waals surface area (Å²) in [6.07, 6.45) is 4.97. The molecule has 0 heterocycles. The summed E-state index contributed by atoms with van der Waals surface area (Å²) < 4.78 is 0. The lowest BCUT2D eigenvalue weighted by Crippen LogP contribution is -1.97. The minimum atomic E-state index is 0.633. The Kier molecular flexibility index (Phi) is 2.08. The second kappa shape index (κ2) is 3.59. The first kappa shape index (κ1) is 9.85. The van der Waals surface area contributed by atoms with Crippen LogP contribution >= 0.6 is 0 Å². The molecule has 2 heteroatoms. The number of aldehydes is 1. The van der Waals surface area contributed by atoms with Crippen molar-refractivity contribution in [1.29, 1.82) is 0 Å². The molecular formula is C15H11NO. The summed E-state index contributed by atoms with van der Waals surface area (Å²) in [5.41, 5.74) is 11.5. The monoisotopic (exact) mass is 221 g/mol. The molecule has 0 bridgehead atoms. The van der Waals surface area contributed by atoms with E-state index >= 15 is 0 Å². The van der Waals surface area contributed by atoms with Crippen molar-refractivity contribution in [3.05, 3.63) is 53.1 Å². The van der Waals surface area contributed by atoms with Crippen molar-refractivity contribution in [1.82, 2.24) is 0 Å². The number of rotatable bonds is 2. The van der Waals surface area contributed by atoms with Crippen molar-refractivity contribution >= 4 is 24.1 Å². The van der Waals surface area contributed by atoms with Gasteiger partial charge in [0.15, 0.2) is 6.29 Å². The Morgan fingerprint density at radius 2 is 1.82 bits per heavy atom. The highest BCUT2D eigenvalue weighted by Gasteiger charge is 2.11. The highest BCUT2D eigenvalue weighted by Crippen LogP contribution is 2.33. The van der Waals surface area contributed by atoms with E-state index in [1.807, 2.05) is 18.2 Å². The van der Waals surface area contributed by atoms with Crippen LogP contribution in [0.2, 0.25) is 0 Å². The van der Waals surface area contributed by atoms with Crippen LogP contribution in [0.1, 0.15) is 21.5 Å². The first-order chi connectivity index (χ1) is 8.29. The topological polar surface area (TPSA) is 43.1 Å². The van der Waals surface area contributed by atoms with Crippen molar-refractivity contribution < 1.29 is 4.79 Å². The van der Waals surface area contributed by atoms with E-state index in [4.69, 9.17) is 5.73 Å². The van der Waals surface area contributed by atoms with Crippen LogP contribution in [-0.2, 0) is 0 Å². The fourth-order valence-corrected chi connectivity index (χ4v) is 2.13. The predicted octanol–water partition coefficient (Wildman–Crippen LogP) is 3.23. The van der Waals surface area contributed by atoms with Gasteiger partial charge < -0.3 is 5.73 Å². The number of nitrogens with two attached hydrogens (primary N) is 1. The SMILES string of the molecule is Nc1cccc(C=O)c1-c1ccc2c(c1)C=C2. The number of nitrogen functional groups attached to an aromatic ring is 1. The standard InChI is InChI=1S/C15H11NO/c16-14-3-1-2-13(9-17)15(14)12-7-5-10-4-6-11(10)8-12/h1-9H,16H2. The lowest BCUT2D eigenvalue weighted by Gasteiger charge is -2.14. The quantitative estimate of drug-likeness (QED) is 0.533. The van der Waals surface area contributed by atoms with Crippen molar-refractivity contribution in [3.8, 4) is 11.1 Å². The number of benzene rings is 2. The molecule has 0 saturated carbocycles. The molecule has 0 unspecified atom stereocenters. The fraction of sp³-hybridized carbons (Fsp3) is 0. The van der Waals surface area contributed by atoms with E-state index in [0.29, 0.717) is 11.3 Å². The maximum absolute atomic E-state index is 11.0. The number of hydrogen-bond donors (Lipinski definition) is 1. The van der Waals surface area contributed by atoms with E-state index in [1.54, 1.807) is 12.1 Å². The highest BCUT2D eigenvalue weighted by atomic mass is 16.1. The maximum Gasteiger partial charge on any atom is 0.150 e. The van der Waals surface area contributed by atoms with Gasteiger partial charge in [-0.15, -0.1) is 0 Å². The molecule has 2 nitrogen and oxygen atoms in total. The van der Waals surface area contributed by atoms with Crippen LogP contribution in [0.3, 0.4) is 0 Å². The Balaban J connectivity index is 2.21. The third-order valence-electron chi connectivity index (χ3n) is 3.07. The smallest absolute Gasteiger partial charge is 0.150 e. The van der Waals surface area contributed by atoms with Gasteiger partial charge in [-0.3, -0.25) is 4.79 Å². The van der Waals surface area contributed by atoms with Gasteiger partial charge >= 0.3 is 0 Å². The van der Waals surface area contributed by atoms with E-state index in [9.17, 15) is 4.79 Å². The van der Waals surface area contributed by atoms with Gasteiger partial charge in [0.25, 0.3) is 0 Å². The maximum atomic E-state index is 11.0. The second-order valence-electron chi connectivity index (χ2n) is 4.11. The van der Waals surface area contributed by atoms with Gasteiger partial charge in [0.2, 0.25) is 0 Å². The molecule has 17 heavy (non-hydrogen) atoms. The average Bonchev–Trinajstić information content (AvgIpc) is 2.31. The van der Waals surface area contributed by atoms with E-state index < -0.39 is 0 Å². The first-order valence-electron chi connectivity index (χ1n) is 5.46. The first-order valence-corrected chi connectivity index (χ1v) is 5.46. The minimum absolute atomic E-state index is 0.633. The summed E-state index contributed by atoms with van der Waals surface area (Å²) in [6.45, 7) is 0. The van der Waals surface area contributed by atoms with Crippen LogP contribution < -0.4 is 5.73 Å². The molecule has 82 valence electrons. The summed E-state index contributed by atoms with van der Waals surface area (Å²) >= 11 is 0. The molecule has 0 saturated heterocycles. The van der Waals surface area contributed by atoms with Gasteiger partial charge in [0, 0.05) is 16.8 Å². The van der Waals surface area contributed by atoms with Crippen LogP contribution in [0.15, 0.2) is 36.4 Å². The molecule has 2 aromatic rings. The molecule has 0 radical (unpaired) electrons. The lowest BCUT2D eigenvalue weighted by atomic mass is 9.91. The fourth-order valence-electron chi connectivity index (χ4n) is 2.13. The van der Waals surface area contributed by atoms with Gasteiger partial charge in [-0.25, -0.2) is 0 Å². The third kappa shape index (κ3) is 1.46. The van der Waals surface area contributed by atoms with E-state index in [1.165, 1.54) is 11.1 Å². The third-order valence-corrected chi connectivity index (χ3v) is 3.07. The lowest BCUT2D eigenvalue weighted by molar-refractivity contribution is 0.112. The Bertz CT molecular complexity index is 641. The zero-order valence-corrected chi connectivity index (χ0v) is 9.18. The van der Waals surface area contributed by atoms with Crippen LogP contribution in [-0.4, -0.2) is 6.29 Å². The molecule has 0 aliphatic heterocycles. The number of carbonyl (C=O) groups is 1. The minimum Gasteiger partial charge on any atom is -0.398 e. The molecule has 0 amide bonds. The van der Waals surface area contributed by atoms with Crippen LogP contribution in [0.4, 0.5) is 5.69 Å². The molecule has 0 atom stereocenters. The molecule has 0 spiro atoms. The average molecular weight is 221 g/mol. The van der Waals surface area contributed by atoms with Crippen molar-refractivity contribution in [2.75, 3.05) is 5.73 Å². The van der Waals surface area contributed by atoms with Crippen molar-refractivity contribution in [3.63, 3.8) is 0 Å². The molecule has 0 aromatic heterocycles. The zero-order valence-electron chi connectivity index (χ0n) is 9.18. The number of hydrogen-bond acceptors (Lipinski definition) is 2. The Hall–Kier alpha value is -2.35. The van der Waals surface area contributed by atoms with Gasteiger partial charge in [0.05, 0.1) is 0 Å². The number of anilines is 1. The summed E-state index contributed by atoms with van der Waals surface area (Å²) in [4.78, 5) is 11.0. The van der Waals surface area contributed by atoms with Gasteiger partial charge in [-0.2, -0.15) is 0 Å². The summed E-state index contributed by atoms with van der Waals surface area (Å²) in [5.74, 6) is 0. The number of fused-ring (bicyclic) bond motifs is 1. The Morgan fingerprint density at radius 3 is 2.47 bits per heavy atom. The van der Waals surface area contributed by atoms with E-state index in [0.717, 1.165) is 17.4 Å². The molecule has 2 aromatic carbocycles. The van der Waals surface area contributed by atoms with Gasteiger partial charge in [0.1, 0.15) is 0 Å². The van der Waals surface area contributed by atoms with Gasteiger partial charge in [-0.1, -0.05) is 36.4 Å². The van der Waals surface area contributed by atoms with Crippen LogP contribution in [0, 0.1) is 0 Å². The summed E-state index contributed by atoms with van der Waals surface area (Å²) in [7, 11) is 0. The largest absolute Gasteiger partial charge is 0.398 e. The molecule has 3 rings (SSSR count). The predicted molar refractivity (Wildman–Crippen MR) is 70.6 cm³/mol. The van der Waals surface area contributed by atoms with E-state index in [-0.39, 0.29) is 0 Å². The second-order valence-corrected chi connectivity index (χ2v) is 4.11. The molecule has 0 fully saturated rings. The van der Waals surface area contributed by atoms with Crippen LogP contribution in [0.25, 0.3) is 23.3 Å². The molecule has 1 aliphatic rings. The normalized spacial score (nSPS) is 11.8. The molecular weight excluding hydrogens is 210 g/mol. The molecule has 1 aliphatic carbocycles. The molecule has 2 N–H and O–H groups in total. The zero-order chi connectivity index (χ0) is 11.8.